The number of nitrogens with two attached hydrogens (primary N) is 1. The van der Waals surface area contributed by atoms with Crippen molar-refractivity contribution in [3.8, 4) is 0 Å². The first-order valence-electron chi connectivity index (χ1n) is 6.85. The lowest BCUT2D eigenvalue weighted by Crippen LogP contribution is -2.46. The third-order valence-electron chi connectivity index (χ3n) is 3.49. The van der Waals surface area contributed by atoms with Crippen LogP contribution in [0.5, 0.6) is 0 Å². The van der Waals surface area contributed by atoms with Gasteiger partial charge in [0.2, 0.25) is 0 Å². The van der Waals surface area contributed by atoms with Crippen LogP contribution < -0.4 is 5.73 Å². The first-order valence-corrected chi connectivity index (χ1v) is 6.85. The molecule has 21 heavy (non-hydrogen) atoms. The molecule has 1 heterocycles. The first kappa shape index (κ1) is 15.3. The standard InChI is InChI=1S/C15H20N2O4/c1-10-3-4-13(16)12(7-10)15(19)17-5-6-21-11(9-17)8-14(18)20-2/h3-4,7,11H,5-6,8-9,16H2,1-2H3. The lowest BCUT2D eigenvalue weighted by atomic mass is 10.1. The third-order valence-corrected chi connectivity index (χ3v) is 3.49. The van der Waals surface area contributed by atoms with Gasteiger partial charge in [-0.3, -0.25) is 9.59 Å². The number of anilines is 1. The number of benzene rings is 1. The molecule has 0 spiro atoms. The number of carbonyl (C=O) groups is 2. The highest BCUT2D eigenvalue weighted by Gasteiger charge is 2.27. The van der Waals surface area contributed by atoms with E-state index in [1.54, 1.807) is 17.0 Å². The summed E-state index contributed by atoms with van der Waals surface area (Å²) >= 11 is 0. The number of ether oxygens (including phenoxy) is 2. The van der Waals surface area contributed by atoms with Crippen molar-refractivity contribution >= 4 is 17.6 Å². The van der Waals surface area contributed by atoms with E-state index in [2.05, 4.69) is 4.74 Å². The maximum atomic E-state index is 12.5. The molecule has 1 aliphatic rings. The van der Waals surface area contributed by atoms with Gasteiger partial charge in [-0.1, -0.05) is 11.6 Å². The van der Waals surface area contributed by atoms with Crippen molar-refractivity contribution in [2.24, 2.45) is 0 Å². The van der Waals surface area contributed by atoms with Crippen LogP contribution in [-0.4, -0.2) is 49.7 Å². The number of morpholine rings is 1. The van der Waals surface area contributed by atoms with Crippen LogP contribution in [0.2, 0.25) is 0 Å². The Balaban J connectivity index is 2.08. The maximum absolute atomic E-state index is 12.5. The van der Waals surface area contributed by atoms with Crippen LogP contribution in [0.4, 0.5) is 5.69 Å². The molecule has 1 aromatic carbocycles. The molecule has 1 fully saturated rings. The number of hydrogen-bond donors (Lipinski definition) is 1. The molecule has 0 aromatic heterocycles. The molecule has 1 aliphatic heterocycles. The molecule has 2 N–H and O–H groups in total. The maximum Gasteiger partial charge on any atom is 0.308 e. The average molecular weight is 292 g/mol. The van der Waals surface area contributed by atoms with Gasteiger partial charge in [0.05, 0.1) is 31.8 Å². The highest BCUT2D eigenvalue weighted by atomic mass is 16.5. The predicted octanol–water partition coefficient (Wildman–Crippen LogP) is 0.981. The second-order valence-electron chi connectivity index (χ2n) is 5.11. The Morgan fingerprint density at radius 3 is 2.95 bits per heavy atom. The molecule has 6 heteroatoms. The van der Waals surface area contributed by atoms with Crippen LogP contribution in [0.25, 0.3) is 0 Å². The van der Waals surface area contributed by atoms with Gasteiger partial charge >= 0.3 is 5.97 Å². The lowest BCUT2D eigenvalue weighted by Gasteiger charge is -2.32. The van der Waals surface area contributed by atoms with Crippen LogP contribution in [-0.2, 0) is 14.3 Å². The number of rotatable bonds is 3. The Morgan fingerprint density at radius 1 is 1.48 bits per heavy atom. The largest absolute Gasteiger partial charge is 0.469 e. The van der Waals surface area contributed by atoms with Gasteiger partial charge in [0, 0.05) is 18.8 Å². The van der Waals surface area contributed by atoms with E-state index in [4.69, 9.17) is 10.5 Å². The monoisotopic (exact) mass is 292 g/mol. The van der Waals surface area contributed by atoms with E-state index in [-0.39, 0.29) is 24.4 Å². The van der Waals surface area contributed by atoms with Crippen molar-refractivity contribution in [3.63, 3.8) is 0 Å². The van der Waals surface area contributed by atoms with E-state index in [0.717, 1.165) is 5.56 Å². The minimum absolute atomic E-state index is 0.130. The zero-order valence-corrected chi connectivity index (χ0v) is 12.3. The summed E-state index contributed by atoms with van der Waals surface area (Å²) in [7, 11) is 1.33. The number of esters is 1. The quantitative estimate of drug-likeness (QED) is 0.663. The summed E-state index contributed by atoms with van der Waals surface area (Å²) in [5.41, 5.74) is 7.81. The van der Waals surface area contributed by atoms with Gasteiger partial charge < -0.3 is 20.1 Å². The average Bonchev–Trinajstić information content (AvgIpc) is 2.49. The van der Waals surface area contributed by atoms with E-state index in [9.17, 15) is 9.59 Å². The number of nitrogens with zero attached hydrogens (tertiary/aromatic N) is 1. The fraction of sp³-hybridized carbons (Fsp3) is 0.467. The minimum Gasteiger partial charge on any atom is -0.469 e. The highest BCUT2D eigenvalue weighted by Crippen LogP contribution is 2.18. The molecule has 6 nitrogen and oxygen atoms in total. The van der Waals surface area contributed by atoms with Gasteiger partial charge in [0.15, 0.2) is 0 Å². The fourth-order valence-electron chi connectivity index (χ4n) is 2.32. The second-order valence-corrected chi connectivity index (χ2v) is 5.11. The Bertz CT molecular complexity index is 544. The Kier molecular flexibility index (Phi) is 4.80. The van der Waals surface area contributed by atoms with Crippen LogP contribution in [0, 0.1) is 6.92 Å². The summed E-state index contributed by atoms with van der Waals surface area (Å²) in [6, 6.07) is 5.38. The molecule has 0 radical (unpaired) electrons. The van der Waals surface area contributed by atoms with Gasteiger partial charge in [-0.05, 0) is 19.1 Å². The summed E-state index contributed by atoms with van der Waals surface area (Å²) in [5, 5.41) is 0. The van der Waals surface area contributed by atoms with E-state index in [1.165, 1.54) is 7.11 Å². The van der Waals surface area contributed by atoms with Crippen molar-refractivity contribution in [3.05, 3.63) is 29.3 Å². The molecule has 2 rings (SSSR count). The minimum atomic E-state index is -0.343. The zero-order valence-electron chi connectivity index (χ0n) is 12.3. The Labute approximate surface area is 123 Å². The number of nitrogen functional groups attached to an aromatic ring is 1. The summed E-state index contributed by atoms with van der Waals surface area (Å²) < 4.78 is 10.1. The normalized spacial score (nSPS) is 18.4. The number of methoxy groups -OCH3 is 1. The number of amides is 1. The molecule has 1 unspecified atom stereocenters. The van der Waals surface area contributed by atoms with Crippen LogP contribution in [0.3, 0.4) is 0 Å². The molecular formula is C15H20N2O4. The summed E-state index contributed by atoms with van der Waals surface area (Å²) in [6.45, 7) is 3.17. The van der Waals surface area contributed by atoms with Crippen LogP contribution in [0.15, 0.2) is 18.2 Å². The van der Waals surface area contributed by atoms with Gasteiger partial charge in [-0.2, -0.15) is 0 Å². The molecule has 1 aromatic rings. The van der Waals surface area contributed by atoms with Gasteiger partial charge in [0.1, 0.15) is 0 Å². The van der Waals surface area contributed by atoms with Crippen molar-refractivity contribution in [2.75, 3.05) is 32.5 Å². The van der Waals surface area contributed by atoms with Gasteiger partial charge in [0.25, 0.3) is 5.91 Å². The summed E-state index contributed by atoms with van der Waals surface area (Å²) in [6.07, 6.45) is -0.190. The number of aryl methyl sites for hydroxylation is 1. The first-order chi connectivity index (χ1) is 10.0. The molecule has 0 bridgehead atoms. The van der Waals surface area contributed by atoms with Crippen LogP contribution in [0.1, 0.15) is 22.3 Å². The smallest absolute Gasteiger partial charge is 0.308 e. The van der Waals surface area contributed by atoms with Crippen molar-refractivity contribution in [1.82, 2.24) is 4.90 Å². The number of carbonyl (C=O) groups excluding carboxylic acids is 2. The summed E-state index contributed by atoms with van der Waals surface area (Å²) in [4.78, 5) is 25.5. The van der Waals surface area contributed by atoms with Gasteiger partial charge in [-0.15, -0.1) is 0 Å². The highest BCUT2D eigenvalue weighted by molar-refractivity contribution is 5.99. The van der Waals surface area contributed by atoms with Crippen LogP contribution >= 0.6 is 0 Å². The predicted molar refractivity (Wildman–Crippen MR) is 77.9 cm³/mol. The van der Waals surface area contributed by atoms with E-state index in [1.807, 2.05) is 13.0 Å². The molecule has 1 saturated heterocycles. The number of hydrogen-bond acceptors (Lipinski definition) is 5. The Morgan fingerprint density at radius 2 is 2.24 bits per heavy atom. The lowest BCUT2D eigenvalue weighted by molar-refractivity contribution is -0.145. The third kappa shape index (κ3) is 3.72. The summed E-state index contributed by atoms with van der Waals surface area (Å²) in [5.74, 6) is -0.473. The molecule has 114 valence electrons. The van der Waals surface area contributed by atoms with Crippen molar-refractivity contribution in [2.45, 2.75) is 19.4 Å². The zero-order chi connectivity index (χ0) is 15.4. The van der Waals surface area contributed by atoms with Crippen molar-refractivity contribution in [1.29, 1.82) is 0 Å². The van der Waals surface area contributed by atoms with E-state index >= 15 is 0 Å². The molecule has 0 aliphatic carbocycles. The van der Waals surface area contributed by atoms with Gasteiger partial charge in [-0.25, -0.2) is 0 Å². The fourth-order valence-corrected chi connectivity index (χ4v) is 2.32. The van der Waals surface area contributed by atoms with E-state index < -0.39 is 0 Å². The topological polar surface area (TPSA) is 81.9 Å². The molecule has 1 amide bonds. The Hall–Kier alpha value is -2.08. The SMILES string of the molecule is COC(=O)CC1CN(C(=O)c2cc(C)ccc2N)CCO1. The molecule has 0 saturated carbocycles. The molecule has 1 atom stereocenters. The van der Waals surface area contributed by atoms with E-state index in [0.29, 0.717) is 30.9 Å². The molecular weight excluding hydrogens is 272 g/mol. The van der Waals surface area contributed by atoms with Crippen molar-refractivity contribution < 1.29 is 19.1 Å². The second kappa shape index (κ2) is 6.58.